The van der Waals surface area contributed by atoms with E-state index >= 15 is 0 Å². The third-order valence-electron chi connectivity index (χ3n) is 3.58. The summed E-state index contributed by atoms with van der Waals surface area (Å²) in [6.07, 6.45) is 2.29. The Labute approximate surface area is 120 Å². The highest BCUT2D eigenvalue weighted by Crippen LogP contribution is 2.30. The lowest BCUT2D eigenvalue weighted by atomic mass is 10.0. The Morgan fingerprint density at radius 3 is 2.42 bits per heavy atom. The average Bonchev–Trinajstić information content (AvgIpc) is 2.60. The molecule has 0 bridgehead atoms. The molecule has 0 saturated carbocycles. The van der Waals surface area contributed by atoms with Crippen LogP contribution in [0.4, 0.5) is 0 Å². The average molecular weight is 327 g/mol. The van der Waals surface area contributed by atoms with Gasteiger partial charge in [0, 0.05) is 18.6 Å². The Morgan fingerprint density at radius 1 is 1.26 bits per heavy atom. The maximum atomic E-state index is 11.9. The minimum Gasteiger partial charge on any atom is -0.388 e. The number of benzene rings is 1. The fraction of sp³-hybridized carbons (Fsp3) is 0.500. The Morgan fingerprint density at radius 2 is 1.84 bits per heavy atom. The number of aliphatic hydroxyl groups is 1. The molecule has 2 aromatic rings. The molecule has 1 N–H and O–H groups in total. The highest BCUT2D eigenvalue weighted by Gasteiger charge is 2.16. The van der Waals surface area contributed by atoms with Gasteiger partial charge in [0.25, 0.3) is 0 Å². The summed E-state index contributed by atoms with van der Waals surface area (Å²) in [7, 11) is 3.51. The number of halogens is 1. The molecule has 4 nitrogen and oxygen atoms in total. The van der Waals surface area contributed by atoms with E-state index in [1.807, 2.05) is 12.1 Å². The van der Waals surface area contributed by atoms with Gasteiger partial charge < -0.3 is 5.11 Å². The van der Waals surface area contributed by atoms with Crippen LogP contribution in [0.25, 0.3) is 11.0 Å². The third-order valence-corrected chi connectivity index (χ3v) is 4.27. The van der Waals surface area contributed by atoms with Crippen molar-refractivity contribution in [2.24, 2.45) is 14.1 Å². The number of aliphatic hydroxyl groups excluding tert-OH is 1. The van der Waals surface area contributed by atoms with E-state index in [1.54, 1.807) is 23.2 Å². The van der Waals surface area contributed by atoms with Crippen molar-refractivity contribution >= 4 is 27.0 Å². The first-order valence-electron chi connectivity index (χ1n) is 6.50. The van der Waals surface area contributed by atoms with Crippen molar-refractivity contribution in [2.75, 3.05) is 0 Å². The number of fused-ring (bicyclic) bond motifs is 1. The summed E-state index contributed by atoms with van der Waals surface area (Å²) in [5.74, 6) is 0. The molecule has 2 rings (SSSR count). The normalized spacial score (nSPS) is 13.1. The number of imidazole rings is 1. The quantitative estimate of drug-likeness (QED) is 0.939. The maximum absolute atomic E-state index is 11.9. The molecule has 104 valence electrons. The smallest absolute Gasteiger partial charge is 0.328 e. The standard InChI is InChI=1S/C14H19BrN2O2/c1-4-5-6-13(18)9-7-11-12(8-10(9)15)17(3)14(19)16(11)2/h7-8,13,18H,4-6H2,1-3H3. The maximum Gasteiger partial charge on any atom is 0.328 e. The lowest BCUT2D eigenvalue weighted by Gasteiger charge is -2.13. The molecule has 0 radical (unpaired) electrons. The first-order chi connectivity index (χ1) is 8.97. The second-order valence-corrected chi connectivity index (χ2v) is 5.78. The molecule has 5 heteroatoms. The van der Waals surface area contributed by atoms with Crippen molar-refractivity contribution in [1.82, 2.24) is 9.13 Å². The van der Waals surface area contributed by atoms with Crippen molar-refractivity contribution in [3.05, 3.63) is 32.7 Å². The summed E-state index contributed by atoms with van der Waals surface area (Å²) in [5.41, 5.74) is 2.51. The zero-order chi connectivity index (χ0) is 14.2. The van der Waals surface area contributed by atoms with Crippen LogP contribution in [-0.4, -0.2) is 14.2 Å². The van der Waals surface area contributed by atoms with Crippen molar-refractivity contribution in [2.45, 2.75) is 32.3 Å². The molecule has 1 unspecified atom stereocenters. The van der Waals surface area contributed by atoms with E-state index in [1.165, 1.54) is 0 Å². The predicted octanol–water partition coefficient (Wildman–Crippen LogP) is 2.86. The number of aryl methyl sites for hydroxylation is 2. The van der Waals surface area contributed by atoms with Crippen molar-refractivity contribution in [1.29, 1.82) is 0 Å². The molecular formula is C14H19BrN2O2. The van der Waals surface area contributed by atoms with E-state index in [0.717, 1.165) is 40.3 Å². The third kappa shape index (κ3) is 2.49. The van der Waals surface area contributed by atoms with Gasteiger partial charge in [0.15, 0.2) is 0 Å². The van der Waals surface area contributed by atoms with Gasteiger partial charge in [-0.1, -0.05) is 35.7 Å². The topological polar surface area (TPSA) is 47.2 Å². The van der Waals surface area contributed by atoms with Crippen LogP contribution in [0.5, 0.6) is 0 Å². The Bertz CT molecular complexity index is 657. The summed E-state index contributed by atoms with van der Waals surface area (Å²) in [4.78, 5) is 11.9. The van der Waals surface area contributed by atoms with Crippen LogP contribution in [0.15, 0.2) is 21.4 Å². The Hall–Kier alpha value is -1.07. The molecule has 0 amide bonds. The van der Waals surface area contributed by atoms with Crippen LogP contribution in [0.1, 0.15) is 37.9 Å². The van der Waals surface area contributed by atoms with E-state index in [2.05, 4.69) is 22.9 Å². The van der Waals surface area contributed by atoms with Crippen LogP contribution >= 0.6 is 15.9 Å². The van der Waals surface area contributed by atoms with E-state index in [9.17, 15) is 9.90 Å². The van der Waals surface area contributed by atoms with Gasteiger partial charge in [-0.05, 0) is 24.1 Å². The Balaban J connectivity index is 2.55. The molecule has 0 aliphatic carbocycles. The number of rotatable bonds is 4. The van der Waals surface area contributed by atoms with Gasteiger partial charge in [0.05, 0.1) is 17.1 Å². The molecule has 1 aromatic heterocycles. The largest absolute Gasteiger partial charge is 0.388 e. The highest BCUT2D eigenvalue weighted by molar-refractivity contribution is 9.10. The van der Waals surface area contributed by atoms with Gasteiger partial charge in [-0.25, -0.2) is 4.79 Å². The van der Waals surface area contributed by atoms with Crippen LogP contribution in [-0.2, 0) is 14.1 Å². The molecule has 0 aliphatic heterocycles. The number of unbranched alkanes of at least 4 members (excludes halogenated alkanes) is 1. The number of nitrogens with zero attached hydrogens (tertiary/aromatic N) is 2. The highest BCUT2D eigenvalue weighted by atomic mass is 79.9. The molecule has 1 heterocycles. The first-order valence-corrected chi connectivity index (χ1v) is 7.29. The molecule has 1 atom stereocenters. The minimum absolute atomic E-state index is 0.0536. The van der Waals surface area contributed by atoms with Gasteiger partial charge in [-0.15, -0.1) is 0 Å². The summed E-state index contributed by atoms with van der Waals surface area (Å²) >= 11 is 3.49. The van der Waals surface area contributed by atoms with E-state index in [-0.39, 0.29) is 5.69 Å². The predicted molar refractivity (Wildman–Crippen MR) is 80.3 cm³/mol. The van der Waals surface area contributed by atoms with Crippen LogP contribution in [0.2, 0.25) is 0 Å². The van der Waals surface area contributed by atoms with Gasteiger partial charge in [-0.3, -0.25) is 9.13 Å². The van der Waals surface area contributed by atoms with E-state index < -0.39 is 6.10 Å². The van der Waals surface area contributed by atoms with Crippen LogP contribution in [0.3, 0.4) is 0 Å². The monoisotopic (exact) mass is 326 g/mol. The van der Waals surface area contributed by atoms with E-state index in [4.69, 9.17) is 0 Å². The lowest BCUT2D eigenvalue weighted by molar-refractivity contribution is 0.163. The molecule has 19 heavy (non-hydrogen) atoms. The zero-order valence-electron chi connectivity index (χ0n) is 11.5. The van der Waals surface area contributed by atoms with Crippen molar-refractivity contribution < 1.29 is 5.11 Å². The number of hydrogen-bond donors (Lipinski definition) is 1. The van der Waals surface area contributed by atoms with Gasteiger partial charge in [0.1, 0.15) is 0 Å². The van der Waals surface area contributed by atoms with Crippen molar-refractivity contribution in [3.8, 4) is 0 Å². The molecule has 0 saturated heterocycles. The van der Waals surface area contributed by atoms with E-state index in [0.29, 0.717) is 0 Å². The zero-order valence-corrected chi connectivity index (χ0v) is 13.1. The molecule has 0 spiro atoms. The fourth-order valence-electron chi connectivity index (χ4n) is 2.34. The number of hydrogen-bond acceptors (Lipinski definition) is 2. The summed E-state index contributed by atoms with van der Waals surface area (Å²) in [6, 6.07) is 3.81. The van der Waals surface area contributed by atoms with Gasteiger partial charge in [-0.2, -0.15) is 0 Å². The van der Waals surface area contributed by atoms with Gasteiger partial charge in [0.2, 0.25) is 0 Å². The molecular weight excluding hydrogens is 308 g/mol. The van der Waals surface area contributed by atoms with Crippen LogP contribution in [0, 0.1) is 0 Å². The second-order valence-electron chi connectivity index (χ2n) is 4.92. The Kier molecular flexibility index (Phi) is 4.16. The van der Waals surface area contributed by atoms with Crippen LogP contribution < -0.4 is 5.69 Å². The first kappa shape index (κ1) is 14.3. The molecule has 0 fully saturated rings. The fourth-order valence-corrected chi connectivity index (χ4v) is 2.94. The van der Waals surface area contributed by atoms with Gasteiger partial charge >= 0.3 is 5.69 Å². The molecule has 0 aliphatic rings. The SMILES string of the molecule is CCCCC(O)c1cc2c(cc1Br)n(C)c(=O)n2C. The minimum atomic E-state index is -0.492. The number of aromatic nitrogens is 2. The summed E-state index contributed by atoms with van der Waals surface area (Å²) < 4.78 is 4.07. The lowest BCUT2D eigenvalue weighted by Crippen LogP contribution is -2.19. The van der Waals surface area contributed by atoms with Crippen molar-refractivity contribution in [3.63, 3.8) is 0 Å². The second kappa shape index (κ2) is 5.51. The molecule has 1 aromatic carbocycles. The summed E-state index contributed by atoms with van der Waals surface area (Å²) in [5, 5.41) is 10.2. The summed E-state index contributed by atoms with van der Waals surface area (Å²) in [6.45, 7) is 2.10.